The van der Waals surface area contributed by atoms with Crippen LogP contribution >= 0.6 is 11.6 Å². The van der Waals surface area contributed by atoms with Gasteiger partial charge in [0, 0.05) is 24.4 Å². The number of hydrogen-bond donors (Lipinski definition) is 0. The zero-order valence-electron chi connectivity index (χ0n) is 11.9. The van der Waals surface area contributed by atoms with Crippen LogP contribution in [-0.4, -0.2) is 45.7 Å². The summed E-state index contributed by atoms with van der Waals surface area (Å²) in [5.74, 6) is 0. The van der Waals surface area contributed by atoms with Gasteiger partial charge in [-0.15, -0.1) is 0 Å². The number of sulfonamides is 1. The third-order valence-electron chi connectivity index (χ3n) is 3.84. The lowest BCUT2D eigenvalue weighted by Crippen LogP contribution is -2.42. The Morgan fingerprint density at radius 3 is 2.24 bits per heavy atom. The van der Waals surface area contributed by atoms with E-state index in [2.05, 4.69) is 0 Å². The van der Waals surface area contributed by atoms with Crippen LogP contribution in [0.4, 0.5) is 0 Å². The van der Waals surface area contributed by atoms with E-state index in [1.54, 1.807) is 19.1 Å². The van der Waals surface area contributed by atoms with Crippen LogP contribution < -0.4 is 0 Å². The summed E-state index contributed by atoms with van der Waals surface area (Å²) in [6, 6.07) is 4.77. The van der Waals surface area contributed by atoms with E-state index in [9.17, 15) is 16.8 Å². The summed E-state index contributed by atoms with van der Waals surface area (Å²) in [7, 11) is -6.75. The molecule has 0 N–H and O–H groups in total. The van der Waals surface area contributed by atoms with E-state index in [4.69, 9.17) is 11.6 Å². The Bertz CT molecular complexity index is 735. The lowest BCUT2D eigenvalue weighted by Gasteiger charge is -2.30. The van der Waals surface area contributed by atoms with E-state index in [1.165, 1.54) is 16.6 Å². The molecule has 0 aliphatic carbocycles. The van der Waals surface area contributed by atoms with Gasteiger partial charge in [0.1, 0.15) is 9.84 Å². The van der Waals surface area contributed by atoms with Crippen LogP contribution in [0.25, 0.3) is 0 Å². The first-order valence-electron chi connectivity index (χ1n) is 6.58. The van der Waals surface area contributed by atoms with E-state index in [1.807, 2.05) is 0 Å². The number of sulfone groups is 1. The summed E-state index contributed by atoms with van der Waals surface area (Å²) in [5.41, 5.74) is 0.518. The Kier molecular flexibility index (Phi) is 4.68. The molecule has 118 valence electrons. The Hall–Kier alpha value is -0.630. The van der Waals surface area contributed by atoms with Gasteiger partial charge in [0.25, 0.3) is 0 Å². The molecule has 1 heterocycles. The molecule has 0 amide bonds. The highest BCUT2D eigenvalue weighted by molar-refractivity contribution is 7.91. The molecule has 1 aromatic carbocycles. The monoisotopic (exact) mass is 351 g/mol. The van der Waals surface area contributed by atoms with Gasteiger partial charge in [-0.2, -0.15) is 4.31 Å². The van der Waals surface area contributed by atoms with E-state index in [0.29, 0.717) is 23.4 Å². The molecule has 0 aromatic heterocycles. The number of rotatable bonds is 3. The summed E-state index contributed by atoms with van der Waals surface area (Å²) in [6.45, 7) is 2.09. The van der Waals surface area contributed by atoms with Crippen molar-refractivity contribution in [2.24, 2.45) is 0 Å². The number of piperidine rings is 1. The van der Waals surface area contributed by atoms with Gasteiger partial charge >= 0.3 is 0 Å². The van der Waals surface area contributed by atoms with Crippen LogP contribution in [0.1, 0.15) is 18.4 Å². The van der Waals surface area contributed by atoms with Crippen LogP contribution in [-0.2, 0) is 19.9 Å². The van der Waals surface area contributed by atoms with Gasteiger partial charge in [-0.05, 0) is 37.5 Å². The number of hydrogen-bond acceptors (Lipinski definition) is 4. The first-order chi connectivity index (χ1) is 9.64. The van der Waals surface area contributed by atoms with Crippen molar-refractivity contribution in [3.05, 3.63) is 28.8 Å². The molecule has 5 nitrogen and oxygen atoms in total. The quantitative estimate of drug-likeness (QED) is 0.833. The Labute approximate surface area is 130 Å². The zero-order valence-corrected chi connectivity index (χ0v) is 14.3. The SMILES string of the molecule is Cc1c(Cl)cccc1S(=O)(=O)N1CCC(S(C)(=O)=O)CC1. The summed E-state index contributed by atoms with van der Waals surface area (Å²) >= 11 is 5.98. The van der Waals surface area contributed by atoms with Gasteiger partial charge < -0.3 is 0 Å². The summed E-state index contributed by atoms with van der Waals surface area (Å²) < 4.78 is 49.7. The molecule has 0 unspecified atom stereocenters. The smallest absolute Gasteiger partial charge is 0.229 e. The second-order valence-corrected chi connectivity index (χ2v) is 9.94. The van der Waals surface area contributed by atoms with Crippen molar-refractivity contribution in [3.63, 3.8) is 0 Å². The minimum Gasteiger partial charge on any atom is -0.229 e. The number of benzene rings is 1. The predicted molar refractivity (Wildman–Crippen MR) is 82.8 cm³/mol. The Morgan fingerprint density at radius 1 is 1.14 bits per heavy atom. The topological polar surface area (TPSA) is 71.5 Å². The number of halogens is 1. The van der Waals surface area contributed by atoms with Crippen LogP contribution in [0.15, 0.2) is 23.1 Å². The molecule has 0 radical (unpaired) electrons. The molecular weight excluding hydrogens is 334 g/mol. The van der Waals surface area contributed by atoms with Crippen molar-refractivity contribution in [2.45, 2.75) is 29.9 Å². The molecule has 2 rings (SSSR count). The fourth-order valence-corrected chi connectivity index (χ4v) is 5.52. The van der Waals surface area contributed by atoms with E-state index in [0.717, 1.165) is 0 Å². The van der Waals surface area contributed by atoms with Crippen LogP contribution in [0, 0.1) is 6.92 Å². The van der Waals surface area contributed by atoms with E-state index < -0.39 is 25.1 Å². The normalized spacial score (nSPS) is 18.8. The van der Waals surface area contributed by atoms with Crippen molar-refractivity contribution in [3.8, 4) is 0 Å². The van der Waals surface area contributed by atoms with Crippen molar-refractivity contribution < 1.29 is 16.8 Å². The van der Waals surface area contributed by atoms with Crippen molar-refractivity contribution >= 4 is 31.5 Å². The average Bonchev–Trinajstić information content (AvgIpc) is 2.41. The van der Waals surface area contributed by atoms with Gasteiger partial charge in [-0.1, -0.05) is 17.7 Å². The average molecular weight is 352 g/mol. The lowest BCUT2D eigenvalue weighted by molar-refractivity contribution is 0.346. The molecule has 1 aromatic rings. The second kappa shape index (κ2) is 5.87. The molecule has 1 fully saturated rings. The minimum absolute atomic E-state index is 0.188. The van der Waals surface area contributed by atoms with Gasteiger partial charge in [0.15, 0.2) is 0 Å². The van der Waals surface area contributed by atoms with Crippen LogP contribution in [0.2, 0.25) is 5.02 Å². The summed E-state index contributed by atoms with van der Waals surface area (Å²) in [5, 5.41) is -0.0495. The second-order valence-electron chi connectivity index (χ2n) is 5.30. The molecule has 0 atom stereocenters. The first kappa shape index (κ1) is 16.7. The highest BCUT2D eigenvalue weighted by Gasteiger charge is 2.33. The van der Waals surface area contributed by atoms with Crippen molar-refractivity contribution in [1.29, 1.82) is 0 Å². The fraction of sp³-hybridized carbons (Fsp3) is 0.538. The third-order valence-corrected chi connectivity index (χ3v) is 7.98. The van der Waals surface area contributed by atoms with Gasteiger partial charge in [-0.25, -0.2) is 16.8 Å². The molecule has 1 aliphatic heterocycles. The van der Waals surface area contributed by atoms with Gasteiger partial charge in [0.2, 0.25) is 10.0 Å². The molecule has 1 aliphatic rings. The predicted octanol–water partition coefficient (Wildman–Crippen LogP) is 1.85. The Morgan fingerprint density at radius 2 is 1.71 bits per heavy atom. The van der Waals surface area contributed by atoms with Crippen LogP contribution in [0.3, 0.4) is 0 Å². The molecule has 1 saturated heterocycles. The van der Waals surface area contributed by atoms with Gasteiger partial charge in [0.05, 0.1) is 10.1 Å². The minimum atomic E-state index is -3.63. The van der Waals surface area contributed by atoms with E-state index >= 15 is 0 Å². The van der Waals surface area contributed by atoms with E-state index in [-0.39, 0.29) is 18.0 Å². The molecule has 8 heteroatoms. The highest BCUT2D eigenvalue weighted by Crippen LogP contribution is 2.28. The summed E-state index contributed by atoms with van der Waals surface area (Å²) in [4.78, 5) is 0.188. The van der Waals surface area contributed by atoms with Crippen LogP contribution in [0.5, 0.6) is 0 Å². The molecule has 0 bridgehead atoms. The Balaban J connectivity index is 2.25. The first-order valence-corrected chi connectivity index (χ1v) is 10.4. The standard InChI is InChI=1S/C13H18ClNO4S2/c1-10-12(14)4-3-5-13(10)21(18,19)15-8-6-11(7-9-15)20(2,16)17/h3-5,11H,6-9H2,1-2H3. The lowest BCUT2D eigenvalue weighted by atomic mass is 10.2. The van der Waals surface area contributed by atoms with Gasteiger partial charge in [-0.3, -0.25) is 0 Å². The summed E-state index contributed by atoms with van der Waals surface area (Å²) in [6.07, 6.45) is 1.86. The maximum Gasteiger partial charge on any atom is 0.243 e. The maximum atomic E-state index is 12.6. The number of nitrogens with zero attached hydrogens (tertiary/aromatic N) is 1. The molecular formula is C13H18ClNO4S2. The zero-order chi connectivity index (χ0) is 15.8. The molecule has 0 spiro atoms. The fourth-order valence-electron chi connectivity index (χ4n) is 2.51. The largest absolute Gasteiger partial charge is 0.243 e. The van der Waals surface area contributed by atoms with Crippen molar-refractivity contribution in [1.82, 2.24) is 4.31 Å². The third kappa shape index (κ3) is 3.41. The molecule has 0 saturated carbocycles. The molecule has 21 heavy (non-hydrogen) atoms. The highest BCUT2D eigenvalue weighted by atomic mass is 35.5. The maximum absolute atomic E-state index is 12.6. The van der Waals surface area contributed by atoms with Crippen molar-refractivity contribution in [2.75, 3.05) is 19.3 Å².